The molecule has 138 valence electrons. The molecule has 6 heteroatoms. The van der Waals surface area contributed by atoms with Gasteiger partial charge < -0.3 is 10.1 Å². The fourth-order valence-electron chi connectivity index (χ4n) is 3.11. The standard InChI is InChI=1S/C20H22FNO3S/c1-12(14-7-9-15(21)10-8-14)22-19(23)13(2)25-20(24)17-11-26-18-6-4-3-5-16(17)18/h7-13H,3-6H2,1-2H3,(H,22,23)/t12-,13-/m1/s1. The Balaban J connectivity index is 1.59. The highest BCUT2D eigenvalue weighted by molar-refractivity contribution is 7.10. The number of aryl methyl sites for hydroxylation is 1. The average molecular weight is 375 g/mol. The third-order valence-electron chi connectivity index (χ3n) is 4.66. The molecular weight excluding hydrogens is 353 g/mol. The van der Waals surface area contributed by atoms with Gasteiger partial charge in [0.25, 0.3) is 5.91 Å². The monoisotopic (exact) mass is 375 g/mol. The summed E-state index contributed by atoms with van der Waals surface area (Å²) in [5.74, 6) is -1.14. The Morgan fingerprint density at radius 1 is 1.15 bits per heavy atom. The third kappa shape index (κ3) is 4.12. The molecular formula is C20H22FNO3S. The van der Waals surface area contributed by atoms with E-state index in [1.54, 1.807) is 37.3 Å². The molecule has 2 atom stereocenters. The van der Waals surface area contributed by atoms with Crippen LogP contribution in [0.3, 0.4) is 0 Å². The predicted molar refractivity (Wildman–Crippen MR) is 98.8 cm³/mol. The van der Waals surface area contributed by atoms with Crippen LogP contribution in [-0.2, 0) is 22.4 Å². The van der Waals surface area contributed by atoms with Crippen molar-refractivity contribution in [1.82, 2.24) is 5.32 Å². The predicted octanol–water partition coefficient (Wildman–Crippen LogP) is 4.19. The second-order valence-electron chi connectivity index (χ2n) is 6.59. The maximum absolute atomic E-state index is 13.0. The topological polar surface area (TPSA) is 55.4 Å². The maximum Gasteiger partial charge on any atom is 0.340 e. The van der Waals surface area contributed by atoms with Crippen LogP contribution in [0.25, 0.3) is 0 Å². The number of esters is 1. The Hall–Kier alpha value is -2.21. The van der Waals surface area contributed by atoms with Crippen molar-refractivity contribution in [2.45, 2.75) is 51.7 Å². The molecule has 1 aliphatic rings. The number of carbonyl (C=O) groups is 2. The largest absolute Gasteiger partial charge is 0.449 e. The Kier molecular flexibility index (Phi) is 5.71. The van der Waals surface area contributed by atoms with Crippen molar-refractivity contribution in [1.29, 1.82) is 0 Å². The summed E-state index contributed by atoms with van der Waals surface area (Å²) in [4.78, 5) is 26.0. The molecule has 1 N–H and O–H groups in total. The van der Waals surface area contributed by atoms with Crippen LogP contribution in [-0.4, -0.2) is 18.0 Å². The van der Waals surface area contributed by atoms with Gasteiger partial charge in [0, 0.05) is 10.3 Å². The van der Waals surface area contributed by atoms with Gasteiger partial charge in [-0.15, -0.1) is 11.3 Å². The zero-order chi connectivity index (χ0) is 18.7. The van der Waals surface area contributed by atoms with Gasteiger partial charge in [0.2, 0.25) is 0 Å². The molecule has 1 heterocycles. The van der Waals surface area contributed by atoms with Crippen LogP contribution in [0.15, 0.2) is 29.6 Å². The fraction of sp³-hybridized carbons (Fsp3) is 0.400. The first-order valence-corrected chi connectivity index (χ1v) is 9.69. The lowest BCUT2D eigenvalue weighted by Gasteiger charge is -2.19. The average Bonchev–Trinajstić information content (AvgIpc) is 3.06. The van der Waals surface area contributed by atoms with E-state index in [1.807, 2.05) is 5.38 Å². The number of thiophene rings is 1. The van der Waals surface area contributed by atoms with E-state index in [-0.39, 0.29) is 17.8 Å². The highest BCUT2D eigenvalue weighted by Crippen LogP contribution is 2.30. The van der Waals surface area contributed by atoms with Crippen LogP contribution >= 0.6 is 11.3 Å². The molecule has 0 unspecified atom stereocenters. The zero-order valence-corrected chi connectivity index (χ0v) is 15.7. The minimum atomic E-state index is -0.899. The summed E-state index contributed by atoms with van der Waals surface area (Å²) in [6.07, 6.45) is 3.24. The van der Waals surface area contributed by atoms with Crippen LogP contribution in [0.2, 0.25) is 0 Å². The van der Waals surface area contributed by atoms with Gasteiger partial charge in [0.05, 0.1) is 11.6 Å². The summed E-state index contributed by atoms with van der Waals surface area (Å²) in [7, 11) is 0. The number of hydrogen-bond donors (Lipinski definition) is 1. The number of ether oxygens (including phenoxy) is 1. The number of halogens is 1. The molecule has 0 saturated heterocycles. The summed E-state index contributed by atoms with van der Waals surface area (Å²) >= 11 is 1.59. The first-order valence-electron chi connectivity index (χ1n) is 8.81. The number of fused-ring (bicyclic) bond motifs is 1. The minimum absolute atomic E-state index is 0.307. The van der Waals surface area contributed by atoms with Crippen LogP contribution in [0, 0.1) is 5.82 Å². The van der Waals surface area contributed by atoms with Crippen molar-refractivity contribution in [2.75, 3.05) is 0 Å². The second kappa shape index (κ2) is 7.99. The van der Waals surface area contributed by atoms with Crippen LogP contribution < -0.4 is 5.32 Å². The van der Waals surface area contributed by atoms with Crippen molar-refractivity contribution in [3.63, 3.8) is 0 Å². The van der Waals surface area contributed by atoms with Gasteiger partial charge in [-0.2, -0.15) is 0 Å². The van der Waals surface area contributed by atoms with E-state index in [9.17, 15) is 14.0 Å². The van der Waals surface area contributed by atoms with E-state index in [1.165, 1.54) is 17.0 Å². The molecule has 0 bridgehead atoms. The molecule has 1 aromatic carbocycles. The molecule has 3 rings (SSSR count). The maximum atomic E-state index is 13.0. The van der Waals surface area contributed by atoms with Gasteiger partial charge in [-0.3, -0.25) is 4.79 Å². The summed E-state index contributed by atoms with van der Waals surface area (Å²) in [6.45, 7) is 3.36. The number of nitrogens with one attached hydrogen (secondary N) is 1. The van der Waals surface area contributed by atoms with Gasteiger partial charge in [-0.05, 0) is 62.8 Å². The van der Waals surface area contributed by atoms with Gasteiger partial charge in [0.15, 0.2) is 6.10 Å². The van der Waals surface area contributed by atoms with Gasteiger partial charge in [0.1, 0.15) is 5.82 Å². The summed E-state index contributed by atoms with van der Waals surface area (Å²) in [5, 5.41) is 4.63. The van der Waals surface area contributed by atoms with Crippen molar-refractivity contribution in [3.05, 3.63) is 57.0 Å². The molecule has 26 heavy (non-hydrogen) atoms. The number of carbonyl (C=O) groups excluding carboxylic acids is 2. The Morgan fingerprint density at radius 2 is 1.85 bits per heavy atom. The molecule has 0 spiro atoms. The van der Waals surface area contributed by atoms with Crippen molar-refractivity contribution < 1.29 is 18.7 Å². The zero-order valence-electron chi connectivity index (χ0n) is 14.9. The van der Waals surface area contributed by atoms with Crippen LogP contribution in [0.1, 0.15) is 59.1 Å². The normalized spacial score (nSPS) is 15.7. The van der Waals surface area contributed by atoms with Gasteiger partial charge >= 0.3 is 5.97 Å². The van der Waals surface area contributed by atoms with E-state index in [4.69, 9.17) is 4.74 Å². The lowest BCUT2D eigenvalue weighted by Crippen LogP contribution is -2.37. The quantitative estimate of drug-likeness (QED) is 0.798. The fourth-order valence-corrected chi connectivity index (χ4v) is 4.22. The number of benzene rings is 1. The molecule has 0 radical (unpaired) electrons. The molecule has 0 saturated carbocycles. The van der Waals surface area contributed by atoms with E-state index in [2.05, 4.69) is 5.32 Å². The Morgan fingerprint density at radius 3 is 2.58 bits per heavy atom. The third-order valence-corrected chi connectivity index (χ3v) is 5.75. The first-order chi connectivity index (χ1) is 12.5. The lowest BCUT2D eigenvalue weighted by atomic mass is 9.96. The number of hydrogen-bond acceptors (Lipinski definition) is 4. The smallest absolute Gasteiger partial charge is 0.340 e. The summed E-state index contributed by atoms with van der Waals surface area (Å²) in [5.41, 5.74) is 2.46. The molecule has 1 aliphatic carbocycles. The molecule has 1 aromatic heterocycles. The highest BCUT2D eigenvalue weighted by atomic mass is 32.1. The summed E-state index contributed by atoms with van der Waals surface area (Å²) in [6, 6.07) is 5.63. The Bertz CT molecular complexity index is 800. The second-order valence-corrected chi connectivity index (χ2v) is 7.55. The van der Waals surface area contributed by atoms with E-state index in [0.717, 1.165) is 36.8 Å². The SMILES string of the molecule is C[C@@H](OC(=O)c1csc2c1CCCC2)C(=O)N[C@H](C)c1ccc(F)cc1. The number of rotatable bonds is 5. The van der Waals surface area contributed by atoms with E-state index < -0.39 is 12.1 Å². The molecule has 1 amide bonds. The lowest BCUT2D eigenvalue weighted by molar-refractivity contribution is -0.129. The molecule has 0 aliphatic heterocycles. The molecule has 2 aromatic rings. The van der Waals surface area contributed by atoms with E-state index in [0.29, 0.717) is 5.56 Å². The van der Waals surface area contributed by atoms with E-state index >= 15 is 0 Å². The van der Waals surface area contributed by atoms with Crippen molar-refractivity contribution >= 4 is 23.2 Å². The Labute approximate surface area is 156 Å². The van der Waals surface area contributed by atoms with Crippen LogP contribution in [0.4, 0.5) is 4.39 Å². The highest BCUT2D eigenvalue weighted by Gasteiger charge is 2.25. The van der Waals surface area contributed by atoms with Crippen molar-refractivity contribution in [2.24, 2.45) is 0 Å². The van der Waals surface area contributed by atoms with Gasteiger partial charge in [-0.1, -0.05) is 12.1 Å². The molecule has 4 nitrogen and oxygen atoms in total. The molecule has 0 fully saturated rings. The minimum Gasteiger partial charge on any atom is -0.449 e. The van der Waals surface area contributed by atoms with Crippen LogP contribution in [0.5, 0.6) is 0 Å². The summed E-state index contributed by atoms with van der Waals surface area (Å²) < 4.78 is 18.4. The van der Waals surface area contributed by atoms with Crippen molar-refractivity contribution in [3.8, 4) is 0 Å². The first kappa shape index (κ1) is 18.6. The van der Waals surface area contributed by atoms with Gasteiger partial charge in [-0.25, -0.2) is 9.18 Å². The number of amides is 1.